The van der Waals surface area contributed by atoms with E-state index < -0.39 is 20.1 Å². The zero-order valence-electron chi connectivity index (χ0n) is 17.4. The maximum absolute atomic E-state index is 12.5. The Morgan fingerprint density at radius 3 is 1.64 bits per heavy atom. The maximum Gasteiger partial charge on any atom is 0.314 e. The summed E-state index contributed by atoms with van der Waals surface area (Å²) in [5, 5.41) is 9.76. The van der Waals surface area contributed by atoms with Crippen molar-refractivity contribution in [3.8, 4) is 0 Å². The fraction of sp³-hybridized carbons (Fsp3) is 0.727. The Balaban J connectivity index is 2.16. The van der Waals surface area contributed by atoms with E-state index in [4.69, 9.17) is 0 Å². The summed E-state index contributed by atoms with van der Waals surface area (Å²) < 4.78 is 25.0. The van der Waals surface area contributed by atoms with E-state index >= 15 is 0 Å². The highest BCUT2D eigenvalue weighted by atomic mass is 32.2. The summed E-state index contributed by atoms with van der Waals surface area (Å²) in [6.07, 6.45) is 15.5. The molecule has 0 aliphatic heterocycles. The molecule has 28 heavy (non-hydrogen) atoms. The highest BCUT2D eigenvalue weighted by Gasteiger charge is 2.36. The van der Waals surface area contributed by atoms with Crippen LogP contribution in [0.1, 0.15) is 96.8 Å². The normalized spacial score (nSPS) is 12.8. The first-order valence-electron chi connectivity index (χ1n) is 10.9. The molecule has 160 valence electrons. The fourth-order valence-electron chi connectivity index (χ4n) is 3.48. The topological polar surface area (TPSA) is 77.3 Å². The molecule has 0 aromatic heterocycles. The highest BCUT2D eigenvalue weighted by Crippen LogP contribution is 2.21. The monoisotopic (exact) mass is 411 g/mol. The molecular weight excluding hydrogens is 374 g/mol. The summed E-state index contributed by atoms with van der Waals surface area (Å²) in [4.78, 5) is 10.7. The Hall–Kier alpha value is -1.43. The Bertz CT molecular complexity index is 631. The van der Waals surface area contributed by atoms with Gasteiger partial charge in [0.15, 0.2) is 0 Å². The van der Waals surface area contributed by atoms with Gasteiger partial charge in [0, 0.05) is 11.3 Å². The van der Waals surface area contributed by atoms with E-state index in [0.717, 1.165) is 19.3 Å². The van der Waals surface area contributed by atoms with E-state index in [1.165, 1.54) is 69.9 Å². The zero-order chi connectivity index (χ0) is 20.7. The average molecular weight is 412 g/mol. The van der Waals surface area contributed by atoms with Crippen LogP contribution in [0.2, 0.25) is 0 Å². The number of hydrogen-bond acceptors (Lipinski definition) is 4. The van der Waals surface area contributed by atoms with Gasteiger partial charge in [-0.3, -0.25) is 10.1 Å². The third-order valence-corrected chi connectivity index (χ3v) is 7.27. The Morgan fingerprint density at radius 1 is 0.786 bits per heavy atom. The molecule has 0 aliphatic rings. The van der Waals surface area contributed by atoms with Gasteiger partial charge in [-0.1, -0.05) is 102 Å². The van der Waals surface area contributed by atoms with Crippen molar-refractivity contribution in [3.05, 3.63) is 40.4 Å². The molecule has 0 saturated heterocycles. The average Bonchev–Trinajstić information content (AvgIpc) is 2.68. The molecule has 0 N–H and O–H groups in total. The summed E-state index contributed by atoms with van der Waals surface area (Å²) in [6.45, 7) is 2.24. The van der Waals surface area contributed by atoms with Crippen LogP contribution in [0.25, 0.3) is 0 Å². The molecule has 0 heterocycles. The van der Waals surface area contributed by atoms with Gasteiger partial charge < -0.3 is 0 Å². The number of nitrogens with zero attached hydrogens (tertiary/aromatic N) is 1. The molecule has 0 bridgehead atoms. The molecule has 0 aliphatic carbocycles. The Morgan fingerprint density at radius 2 is 1.21 bits per heavy atom. The van der Waals surface area contributed by atoms with Crippen molar-refractivity contribution in [2.24, 2.45) is 0 Å². The third kappa shape index (κ3) is 9.67. The van der Waals surface area contributed by atoms with Crippen LogP contribution in [0.15, 0.2) is 35.2 Å². The van der Waals surface area contributed by atoms with Crippen molar-refractivity contribution in [1.29, 1.82) is 0 Å². The van der Waals surface area contributed by atoms with Crippen LogP contribution < -0.4 is 0 Å². The van der Waals surface area contributed by atoms with E-state index in [1.807, 2.05) is 0 Å². The Kier molecular flexibility index (Phi) is 12.8. The second-order valence-electron chi connectivity index (χ2n) is 7.63. The molecule has 0 saturated carbocycles. The first-order chi connectivity index (χ1) is 13.5. The number of unbranched alkanes of at least 4 members (excludes halogenated alkanes) is 12. The van der Waals surface area contributed by atoms with Gasteiger partial charge >= 0.3 is 5.37 Å². The van der Waals surface area contributed by atoms with Gasteiger partial charge in [0.05, 0.1) is 4.90 Å². The molecule has 1 rings (SSSR count). The van der Waals surface area contributed by atoms with E-state index in [-0.39, 0.29) is 11.3 Å². The highest BCUT2D eigenvalue weighted by molar-refractivity contribution is 7.91. The van der Waals surface area contributed by atoms with Gasteiger partial charge in [0.25, 0.3) is 0 Å². The van der Waals surface area contributed by atoms with Crippen LogP contribution in [0.4, 0.5) is 0 Å². The number of rotatable bonds is 17. The van der Waals surface area contributed by atoms with Crippen LogP contribution in [0.5, 0.6) is 0 Å². The summed E-state index contributed by atoms with van der Waals surface area (Å²) in [7, 11) is -3.92. The van der Waals surface area contributed by atoms with Gasteiger partial charge in [0.1, 0.15) is 0 Å². The predicted molar refractivity (Wildman–Crippen MR) is 115 cm³/mol. The summed E-state index contributed by atoms with van der Waals surface area (Å²) in [6, 6.07) is 7.74. The van der Waals surface area contributed by atoms with Crippen molar-refractivity contribution >= 4 is 9.84 Å². The summed E-state index contributed by atoms with van der Waals surface area (Å²) in [5.74, 6) is 0. The van der Waals surface area contributed by atoms with Gasteiger partial charge in [-0.2, -0.15) is 0 Å². The number of hydrogen-bond donors (Lipinski definition) is 0. The maximum atomic E-state index is 12.5. The Labute approximate surface area is 171 Å². The van der Waals surface area contributed by atoms with Crippen LogP contribution in [0, 0.1) is 10.1 Å². The van der Waals surface area contributed by atoms with Crippen LogP contribution >= 0.6 is 0 Å². The molecule has 1 aromatic carbocycles. The number of benzene rings is 1. The molecule has 0 radical (unpaired) electrons. The van der Waals surface area contributed by atoms with Crippen LogP contribution in [-0.4, -0.2) is 18.7 Å². The van der Waals surface area contributed by atoms with Gasteiger partial charge in [-0.15, -0.1) is 0 Å². The minimum absolute atomic E-state index is 0.0337. The largest absolute Gasteiger partial charge is 0.314 e. The fourth-order valence-corrected chi connectivity index (χ4v) is 5.03. The standard InChI is InChI=1S/C22H37NO4S/c1-2-3-4-5-6-7-8-9-10-11-12-13-17-20-22(23(24)25)28(26,27)21-18-15-14-16-19-21/h14-16,18-19,22H,2-13,17,20H2,1H3/t22-/m1/s1. The van der Waals surface area contributed by atoms with Gasteiger partial charge in [-0.05, 0) is 18.6 Å². The SMILES string of the molecule is CCCCCCCCCCCCCCC[C@H]([N+](=O)[O-])S(=O)(=O)c1ccccc1. The van der Waals surface area contributed by atoms with Crippen LogP contribution in [-0.2, 0) is 9.84 Å². The van der Waals surface area contributed by atoms with Crippen molar-refractivity contribution in [1.82, 2.24) is 0 Å². The second-order valence-corrected chi connectivity index (χ2v) is 9.73. The van der Waals surface area contributed by atoms with E-state index in [9.17, 15) is 18.5 Å². The van der Waals surface area contributed by atoms with E-state index in [1.54, 1.807) is 18.2 Å². The van der Waals surface area contributed by atoms with Crippen LogP contribution in [0.3, 0.4) is 0 Å². The molecule has 6 heteroatoms. The molecular formula is C22H37NO4S. The minimum atomic E-state index is -3.92. The van der Waals surface area contributed by atoms with E-state index in [0.29, 0.717) is 6.42 Å². The molecule has 0 unspecified atom stereocenters. The van der Waals surface area contributed by atoms with Crippen molar-refractivity contribution in [2.45, 2.75) is 107 Å². The van der Waals surface area contributed by atoms with Gasteiger partial charge in [-0.25, -0.2) is 8.42 Å². The lowest BCUT2D eigenvalue weighted by molar-refractivity contribution is -0.498. The molecule has 0 fully saturated rings. The third-order valence-electron chi connectivity index (χ3n) is 5.22. The lowest BCUT2D eigenvalue weighted by atomic mass is 10.0. The van der Waals surface area contributed by atoms with E-state index in [2.05, 4.69) is 6.92 Å². The first-order valence-corrected chi connectivity index (χ1v) is 12.5. The number of sulfone groups is 1. The summed E-state index contributed by atoms with van der Waals surface area (Å²) in [5.41, 5.74) is 0. The number of nitro groups is 1. The first kappa shape index (κ1) is 24.6. The molecule has 1 atom stereocenters. The zero-order valence-corrected chi connectivity index (χ0v) is 18.2. The molecule has 1 aromatic rings. The lowest BCUT2D eigenvalue weighted by Crippen LogP contribution is -2.29. The minimum Gasteiger partial charge on any atom is -0.263 e. The van der Waals surface area contributed by atoms with Crippen molar-refractivity contribution in [2.75, 3.05) is 0 Å². The molecule has 0 spiro atoms. The second kappa shape index (κ2) is 14.6. The van der Waals surface area contributed by atoms with Gasteiger partial charge in [0.2, 0.25) is 9.84 Å². The van der Waals surface area contributed by atoms with Crippen molar-refractivity contribution < 1.29 is 13.3 Å². The lowest BCUT2D eigenvalue weighted by Gasteiger charge is -2.11. The van der Waals surface area contributed by atoms with Crippen molar-refractivity contribution in [3.63, 3.8) is 0 Å². The summed E-state index contributed by atoms with van der Waals surface area (Å²) >= 11 is 0. The quantitative estimate of drug-likeness (QED) is 0.165. The smallest absolute Gasteiger partial charge is 0.263 e. The predicted octanol–water partition coefficient (Wildman–Crippen LogP) is 6.54. The molecule has 5 nitrogen and oxygen atoms in total. The molecule has 0 amide bonds.